The van der Waals surface area contributed by atoms with E-state index in [1.807, 2.05) is 0 Å². The molecule has 1 saturated heterocycles. The molecule has 0 amide bonds. The Morgan fingerprint density at radius 3 is 2.11 bits per heavy atom. The van der Waals surface area contributed by atoms with Gasteiger partial charge in [0.1, 0.15) is 12.7 Å². The summed E-state index contributed by atoms with van der Waals surface area (Å²) in [6.07, 6.45) is 0.911. The summed E-state index contributed by atoms with van der Waals surface area (Å²) in [5.41, 5.74) is 0. The minimum Gasteiger partial charge on any atom is -0.463 e. The molecule has 1 heterocycles. The van der Waals surface area contributed by atoms with Gasteiger partial charge in [-0.05, 0) is 12.8 Å². The third-order valence-electron chi connectivity index (χ3n) is 4.75. The number of hydrogen-bond acceptors (Lipinski definition) is 9. The first-order chi connectivity index (χ1) is 12.8. The van der Waals surface area contributed by atoms with Crippen LogP contribution in [0.25, 0.3) is 0 Å². The molecule has 0 spiro atoms. The quantitative estimate of drug-likeness (QED) is 0.493. The molecule has 2 fully saturated rings. The van der Waals surface area contributed by atoms with Crippen molar-refractivity contribution in [2.24, 2.45) is 0 Å². The predicted octanol–water partition coefficient (Wildman–Crippen LogP) is 0.421. The fourth-order valence-corrected chi connectivity index (χ4v) is 3.64. The van der Waals surface area contributed by atoms with Crippen molar-refractivity contribution in [2.75, 3.05) is 6.61 Å². The van der Waals surface area contributed by atoms with Gasteiger partial charge in [-0.2, -0.15) is 0 Å². The zero-order valence-electron chi connectivity index (χ0n) is 16.0. The van der Waals surface area contributed by atoms with E-state index in [4.69, 9.17) is 18.9 Å². The third kappa shape index (κ3) is 6.44. The Morgan fingerprint density at radius 1 is 0.963 bits per heavy atom. The second-order valence-electron chi connectivity index (χ2n) is 7.04. The summed E-state index contributed by atoms with van der Waals surface area (Å²) < 4.78 is 21.3. The minimum absolute atomic E-state index is 0.142. The largest absolute Gasteiger partial charge is 0.463 e. The van der Waals surface area contributed by atoms with Gasteiger partial charge < -0.3 is 29.4 Å². The van der Waals surface area contributed by atoms with Gasteiger partial charge in [-0.15, -0.1) is 0 Å². The summed E-state index contributed by atoms with van der Waals surface area (Å²) in [5, 5.41) is 13.8. The molecule has 2 aliphatic rings. The van der Waals surface area contributed by atoms with Gasteiger partial charge in [-0.1, -0.05) is 19.3 Å². The van der Waals surface area contributed by atoms with E-state index in [1.165, 1.54) is 20.8 Å². The van der Waals surface area contributed by atoms with E-state index >= 15 is 0 Å². The SMILES string of the molecule is CC(=O)OC[C@H]1OC(O)[C@H](NC2CCCCC2)[C@@H](OC(C)=O)[C@@H]1OC(C)=O. The van der Waals surface area contributed by atoms with E-state index in [-0.39, 0.29) is 12.6 Å². The highest BCUT2D eigenvalue weighted by Gasteiger charge is 2.50. The molecule has 0 aromatic heterocycles. The second kappa shape index (κ2) is 10.0. The molecular weight excluding hydrogens is 358 g/mol. The van der Waals surface area contributed by atoms with E-state index in [9.17, 15) is 19.5 Å². The molecule has 1 aliphatic heterocycles. The predicted molar refractivity (Wildman–Crippen MR) is 92.4 cm³/mol. The van der Waals surface area contributed by atoms with Crippen LogP contribution in [0.4, 0.5) is 0 Å². The van der Waals surface area contributed by atoms with Crippen molar-refractivity contribution in [1.82, 2.24) is 5.32 Å². The van der Waals surface area contributed by atoms with Crippen LogP contribution in [0.3, 0.4) is 0 Å². The van der Waals surface area contributed by atoms with Crippen molar-refractivity contribution in [3.63, 3.8) is 0 Å². The molecule has 154 valence electrons. The maximum atomic E-state index is 11.7. The van der Waals surface area contributed by atoms with Crippen molar-refractivity contribution < 1.29 is 38.4 Å². The smallest absolute Gasteiger partial charge is 0.303 e. The van der Waals surface area contributed by atoms with Crippen LogP contribution in [0.2, 0.25) is 0 Å². The summed E-state index contributed by atoms with van der Waals surface area (Å²) in [6.45, 7) is 3.46. The molecular formula is C18H29NO8. The van der Waals surface area contributed by atoms with Gasteiger partial charge in [-0.3, -0.25) is 14.4 Å². The number of hydrogen-bond donors (Lipinski definition) is 2. The lowest BCUT2D eigenvalue weighted by Gasteiger charge is -2.45. The number of rotatable bonds is 6. The Bertz CT molecular complexity index is 533. The number of nitrogens with one attached hydrogen (secondary N) is 1. The highest BCUT2D eigenvalue weighted by atomic mass is 16.7. The number of carbonyl (C=O) groups is 3. The third-order valence-corrected chi connectivity index (χ3v) is 4.75. The molecule has 0 aromatic rings. The van der Waals surface area contributed by atoms with Gasteiger partial charge in [0.2, 0.25) is 0 Å². The lowest BCUT2D eigenvalue weighted by Crippen LogP contribution is -2.66. The van der Waals surface area contributed by atoms with Crippen LogP contribution in [-0.4, -0.2) is 66.3 Å². The second-order valence-corrected chi connectivity index (χ2v) is 7.04. The lowest BCUT2D eigenvalue weighted by atomic mass is 9.91. The summed E-state index contributed by atoms with van der Waals surface area (Å²) in [7, 11) is 0. The maximum absolute atomic E-state index is 11.7. The topological polar surface area (TPSA) is 120 Å². The maximum Gasteiger partial charge on any atom is 0.303 e. The molecule has 1 saturated carbocycles. The Morgan fingerprint density at radius 2 is 1.56 bits per heavy atom. The van der Waals surface area contributed by atoms with Crippen LogP contribution in [-0.2, 0) is 33.3 Å². The van der Waals surface area contributed by atoms with Gasteiger partial charge in [0.15, 0.2) is 18.5 Å². The van der Waals surface area contributed by atoms with Gasteiger partial charge in [0.05, 0.1) is 6.04 Å². The van der Waals surface area contributed by atoms with Crippen molar-refractivity contribution in [3.8, 4) is 0 Å². The average Bonchev–Trinajstić information content (AvgIpc) is 2.59. The molecule has 0 aromatic carbocycles. The molecule has 0 radical (unpaired) electrons. The zero-order chi connectivity index (χ0) is 20.0. The molecule has 9 heteroatoms. The Kier molecular flexibility index (Phi) is 8.00. The zero-order valence-corrected chi connectivity index (χ0v) is 16.0. The van der Waals surface area contributed by atoms with Gasteiger partial charge in [-0.25, -0.2) is 0 Å². The average molecular weight is 387 g/mol. The van der Waals surface area contributed by atoms with Crippen LogP contribution in [0, 0.1) is 0 Å². The highest BCUT2D eigenvalue weighted by molar-refractivity contribution is 5.68. The first-order valence-corrected chi connectivity index (χ1v) is 9.35. The molecule has 1 unspecified atom stereocenters. The van der Waals surface area contributed by atoms with E-state index in [0.717, 1.165) is 32.1 Å². The van der Waals surface area contributed by atoms with Crippen molar-refractivity contribution >= 4 is 17.9 Å². The van der Waals surface area contributed by atoms with Crippen LogP contribution in [0.5, 0.6) is 0 Å². The highest BCUT2D eigenvalue weighted by Crippen LogP contribution is 2.28. The monoisotopic (exact) mass is 387 g/mol. The van der Waals surface area contributed by atoms with E-state index in [0.29, 0.717) is 0 Å². The van der Waals surface area contributed by atoms with E-state index < -0.39 is 48.6 Å². The first kappa shape index (κ1) is 21.6. The number of aliphatic hydroxyl groups excluding tert-OH is 1. The molecule has 9 nitrogen and oxygen atoms in total. The number of carbonyl (C=O) groups excluding carboxylic acids is 3. The number of aliphatic hydroxyl groups is 1. The summed E-state index contributed by atoms with van der Waals surface area (Å²) in [6, 6.07) is -0.627. The van der Waals surface area contributed by atoms with E-state index in [1.54, 1.807) is 0 Å². The molecule has 2 rings (SSSR count). The minimum atomic E-state index is -1.32. The normalized spacial score (nSPS) is 31.8. The number of esters is 3. The standard InChI is InChI=1S/C18H29NO8/c1-10(20)24-9-14-16(25-11(2)21)17(26-12(3)22)15(18(23)27-14)19-13-7-5-4-6-8-13/h13-19,23H,4-9H2,1-3H3/t14-,15-,16-,17-,18?/m1/s1. The Labute approximate surface area is 158 Å². The van der Waals surface area contributed by atoms with Gasteiger partial charge >= 0.3 is 17.9 Å². The molecule has 2 N–H and O–H groups in total. The van der Waals surface area contributed by atoms with E-state index in [2.05, 4.69) is 5.32 Å². The fourth-order valence-electron chi connectivity index (χ4n) is 3.64. The van der Waals surface area contributed by atoms with Crippen LogP contribution in [0.1, 0.15) is 52.9 Å². The van der Waals surface area contributed by atoms with Crippen LogP contribution < -0.4 is 5.32 Å². The summed E-state index contributed by atoms with van der Waals surface area (Å²) in [5.74, 6) is -1.71. The summed E-state index contributed by atoms with van der Waals surface area (Å²) in [4.78, 5) is 34.4. The van der Waals surface area contributed by atoms with Gasteiger partial charge in [0, 0.05) is 26.8 Å². The summed E-state index contributed by atoms with van der Waals surface area (Å²) >= 11 is 0. The first-order valence-electron chi connectivity index (χ1n) is 9.35. The van der Waals surface area contributed by atoms with Crippen molar-refractivity contribution in [3.05, 3.63) is 0 Å². The molecule has 5 atom stereocenters. The van der Waals surface area contributed by atoms with Crippen molar-refractivity contribution in [1.29, 1.82) is 0 Å². The fraction of sp³-hybridized carbons (Fsp3) is 0.833. The number of ether oxygens (including phenoxy) is 4. The van der Waals surface area contributed by atoms with Crippen LogP contribution >= 0.6 is 0 Å². The Balaban J connectivity index is 2.21. The molecule has 1 aliphatic carbocycles. The van der Waals surface area contributed by atoms with Gasteiger partial charge in [0.25, 0.3) is 0 Å². The Hall–Kier alpha value is -1.71. The molecule has 27 heavy (non-hydrogen) atoms. The molecule has 0 bridgehead atoms. The lowest BCUT2D eigenvalue weighted by molar-refractivity contribution is -0.266. The van der Waals surface area contributed by atoms with Crippen molar-refractivity contribution in [2.45, 2.75) is 89.6 Å². The van der Waals surface area contributed by atoms with Crippen LogP contribution in [0.15, 0.2) is 0 Å².